The standard InChI is InChI=1S/C15H20O4/c1-3-4-5-6-7-14(16)19-13-10-8-12(9-11-13)15(17)18-2/h8-11H,3-7H2,1-2H3. The molecule has 1 rings (SSSR count). The molecule has 0 saturated carbocycles. The second-order valence-corrected chi connectivity index (χ2v) is 4.30. The van der Waals surface area contributed by atoms with Gasteiger partial charge in [0.25, 0.3) is 0 Å². The van der Waals surface area contributed by atoms with Gasteiger partial charge in [-0.05, 0) is 30.7 Å². The number of methoxy groups -OCH3 is 1. The lowest BCUT2D eigenvalue weighted by atomic mass is 10.1. The second kappa shape index (κ2) is 8.29. The summed E-state index contributed by atoms with van der Waals surface area (Å²) in [6, 6.07) is 6.34. The van der Waals surface area contributed by atoms with Crippen molar-refractivity contribution in [2.75, 3.05) is 7.11 Å². The van der Waals surface area contributed by atoms with Crippen molar-refractivity contribution in [2.45, 2.75) is 39.0 Å². The fourth-order valence-corrected chi connectivity index (χ4v) is 1.66. The summed E-state index contributed by atoms with van der Waals surface area (Å²) in [5.74, 6) is -0.187. The monoisotopic (exact) mass is 264 g/mol. The third-order valence-corrected chi connectivity index (χ3v) is 2.74. The maximum absolute atomic E-state index is 11.5. The first kappa shape index (κ1) is 15.2. The number of carbonyl (C=O) groups excluding carboxylic acids is 2. The van der Waals surface area contributed by atoms with E-state index in [1.54, 1.807) is 24.3 Å². The van der Waals surface area contributed by atoms with Crippen molar-refractivity contribution in [2.24, 2.45) is 0 Å². The van der Waals surface area contributed by atoms with E-state index >= 15 is 0 Å². The largest absolute Gasteiger partial charge is 0.465 e. The molecule has 1 aromatic carbocycles. The van der Waals surface area contributed by atoms with Gasteiger partial charge >= 0.3 is 11.9 Å². The van der Waals surface area contributed by atoms with E-state index in [0.717, 1.165) is 25.7 Å². The molecule has 0 radical (unpaired) electrons. The van der Waals surface area contributed by atoms with E-state index in [1.807, 2.05) is 0 Å². The Morgan fingerprint density at radius 3 is 2.32 bits per heavy atom. The van der Waals surface area contributed by atoms with Crippen molar-refractivity contribution >= 4 is 11.9 Å². The average Bonchev–Trinajstić information content (AvgIpc) is 2.43. The van der Waals surface area contributed by atoms with E-state index in [-0.39, 0.29) is 5.97 Å². The van der Waals surface area contributed by atoms with Gasteiger partial charge in [0.15, 0.2) is 0 Å². The minimum absolute atomic E-state index is 0.234. The van der Waals surface area contributed by atoms with Crippen LogP contribution in [0.2, 0.25) is 0 Å². The molecular weight excluding hydrogens is 244 g/mol. The van der Waals surface area contributed by atoms with Crippen molar-refractivity contribution in [3.05, 3.63) is 29.8 Å². The Morgan fingerprint density at radius 2 is 1.74 bits per heavy atom. The van der Waals surface area contributed by atoms with E-state index < -0.39 is 5.97 Å². The first-order chi connectivity index (χ1) is 9.17. The van der Waals surface area contributed by atoms with Crippen LogP contribution in [-0.4, -0.2) is 19.0 Å². The molecule has 0 fully saturated rings. The zero-order chi connectivity index (χ0) is 14.1. The number of ether oxygens (including phenoxy) is 2. The predicted molar refractivity (Wildman–Crippen MR) is 72.2 cm³/mol. The van der Waals surface area contributed by atoms with E-state index in [9.17, 15) is 9.59 Å². The lowest BCUT2D eigenvalue weighted by Crippen LogP contribution is -2.08. The maximum Gasteiger partial charge on any atom is 0.337 e. The summed E-state index contributed by atoms with van der Waals surface area (Å²) in [6.45, 7) is 2.13. The van der Waals surface area contributed by atoms with Crippen LogP contribution in [-0.2, 0) is 9.53 Å². The highest BCUT2D eigenvalue weighted by Crippen LogP contribution is 2.14. The van der Waals surface area contributed by atoms with Crippen LogP contribution in [0.1, 0.15) is 49.4 Å². The number of hydrogen-bond acceptors (Lipinski definition) is 4. The second-order valence-electron chi connectivity index (χ2n) is 4.30. The molecule has 19 heavy (non-hydrogen) atoms. The Balaban J connectivity index is 2.40. The van der Waals surface area contributed by atoms with E-state index in [4.69, 9.17) is 4.74 Å². The molecule has 0 aliphatic rings. The summed E-state index contributed by atoms with van der Waals surface area (Å²) in [5, 5.41) is 0. The van der Waals surface area contributed by atoms with Gasteiger partial charge in [0.1, 0.15) is 5.75 Å². The highest BCUT2D eigenvalue weighted by Gasteiger charge is 2.07. The molecule has 0 aliphatic heterocycles. The first-order valence-corrected chi connectivity index (χ1v) is 6.56. The van der Waals surface area contributed by atoms with Gasteiger partial charge in [0.05, 0.1) is 12.7 Å². The Morgan fingerprint density at radius 1 is 1.05 bits per heavy atom. The van der Waals surface area contributed by atoms with Crippen molar-refractivity contribution in [1.29, 1.82) is 0 Å². The smallest absolute Gasteiger partial charge is 0.337 e. The molecule has 0 aliphatic carbocycles. The first-order valence-electron chi connectivity index (χ1n) is 6.56. The van der Waals surface area contributed by atoms with Gasteiger partial charge in [-0.3, -0.25) is 4.79 Å². The number of hydrogen-bond donors (Lipinski definition) is 0. The van der Waals surface area contributed by atoms with Crippen LogP contribution >= 0.6 is 0 Å². The molecule has 0 spiro atoms. The summed E-state index contributed by atoms with van der Waals surface area (Å²) in [5.41, 5.74) is 0.435. The quantitative estimate of drug-likeness (QED) is 0.430. The van der Waals surface area contributed by atoms with Crippen LogP contribution in [0.4, 0.5) is 0 Å². The minimum Gasteiger partial charge on any atom is -0.465 e. The van der Waals surface area contributed by atoms with Gasteiger partial charge in [-0.15, -0.1) is 0 Å². The molecule has 0 saturated heterocycles. The molecule has 0 unspecified atom stereocenters. The Hall–Kier alpha value is -1.84. The van der Waals surface area contributed by atoms with Crippen LogP contribution in [0.5, 0.6) is 5.75 Å². The molecule has 0 atom stereocenters. The van der Waals surface area contributed by atoms with Crippen LogP contribution in [0.3, 0.4) is 0 Å². The van der Waals surface area contributed by atoms with Crippen molar-refractivity contribution in [3.8, 4) is 5.75 Å². The number of benzene rings is 1. The average molecular weight is 264 g/mol. The lowest BCUT2D eigenvalue weighted by Gasteiger charge is -2.05. The Bertz CT molecular complexity index is 409. The van der Waals surface area contributed by atoms with Crippen LogP contribution < -0.4 is 4.74 Å². The van der Waals surface area contributed by atoms with Gasteiger partial charge in [-0.1, -0.05) is 26.2 Å². The van der Waals surface area contributed by atoms with Crippen molar-refractivity contribution < 1.29 is 19.1 Å². The summed E-state index contributed by atoms with van der Waals surface area (Å²) < 4.78 is 9.76. The minimum atomic E-state index is -0.405. The van der Waals surface area contributed by atoms with Gasteiger partial charge < -0.3 is 9.47 Å². The van der Waals surface area contributed by atoms with E-state index in [2.05, 4.69) is 11.7 Å². The molecule has 104 valence electrons. The van der Waals surface area contributed by atoms with Gasteiger partial charge in [-0.2, -0.15) is 0 Å². The molecule has 0 amide bonds. The predicted octanol–water partition coefficient (Wildman–Crippen LogP) is 3.35. The molecule has 0 heterocycles. The molecule has 4 nitrogen and oxygen atoms in total. The maximum atomic E-state index is 11.5. The van der Waals surface area contributed by atoms with Gasteiger partial charge in [0.2, 0.25) is 0 Å². The molecule has 4 heteroatoms. The summed E-state index contributed by atoms with van der Waals surface area (Å²) in [6.07, 6.45) is 4.61. The van der Waals surface area contributed by atoms with E-state index in [0.29, 0.717) is 17.7 Å². The zero-order valence-electron chi connectivity index (χ0n) is 11.5. The molecule has 0 aromatic heterocycles. The fraction of sp³-hybridized carbons (Fsp3) is 0.467. The van der Waals surface area contributed by atoms with Crippen LogP contribution in [0.15, 0.2) is 24.3 Å². The van der Waals surface area contributed by atoms with Crippen molar-refractivity contribution in [1.82, 2.24) is 0 Å². The normalized spacial score (nSPS) is 10.0. The highest BCUT2D eigenvalue weighted by molar-refractivity contribution is 5.89. The lowest BCUT2D eigenvalue weighted by molar-refractivity contribution is -0.134. The molecule has 1 aromatic rings. The van der Waals surface area contributed by atoms with Crippen molar-refractivity contribution in [3.63, 3.8) is 0 Å². The topological polar surface area (TPSA) is 52.6 Å². The molecule has 0 bridgehead atoms. The summed E-state index contributed by atoms with van der Waals surface area (Å²) in [7, 11) is 1.33. The Kier molecular flexibility index (Phi) is 6.64. The zero-order valence-corrected chi connectivity index (χ0v) is 11.5. The number of esters is 2. The third-order valence-electron chi connectivity index (χ3n) is 2.74. The summed E-state index contributed by atoms with van der Waals surface area (Å²) in [4.78, 5) is 22.8. The molecule has 0 N–H and O–H groups in total. The van der Waals surface area contributed by atoms with E-state index in [1.165, 1.54) is 7.11 Å². The number of carbonyl (C=O) groups is 2. The summed E-state index contributed by atoms with van der Waals surface area (Å²) >= 11 is 0. The number of unbranched alkanes of at least 4 members (excludes halogenated alkanes) is 3. The van der Waals surface area contributed by atoms with Gasteiger partial charge in [0, 0.05) is 6.42 Å². The van der Waals surface area contributed by atoms with Crippen LogP contribution in [0, 0.1) is 0 Å². The Labute approximate surface area is 113 Å². The fourth-order valence-electron chi connectivity index (χ4n) is 1.66. The SMILES string of the molecule is CCCCCCC(=O)Oc1ccc(C(=O)OC)cc1. The third kappa shape index (κ3) is 5.55. The van der Waals surface area contributed by atoms with Crippen LogP contribution in [0.25, 0.3) is 0 Å². The number of rotatable bonds is 7. The molecular formula is C15H20O4. The highest BCUT2D eigenvalue weighted by atomic mass is 16.5. The van der Waals surface area contributed by atoms with Gasteiger partial charge in [-0.25, -0.2) is 4.79 Å².